The number of ether oxygens (including phenoxy) is 1. The number of nitrogens with zero attached hydrogens (tertiary/aromatic N) is 1. The van der Waals surface area contributed by atoms with Gasteiger partial charge in [-0.05, 0) is 19.0 Å². The number of aromatic nitrogens is 1. The predicted molar refractivity (Wildman–Crippen MR) is 32.7 cm³/mol. The highest BCUT2D eigenvalue weighted by atomic mass is 16.6. The number of hydrogen-bond donors (Lipinski definition) is 0. The molecule has 0 amide bonds. The van der Waals surface area contributed by atoms with Crippen LogP contribution in [0.15, 0.2) is 4.52 Å². The lowest BCUT2D eigenvalue weighted by atomic mass is 10.3. The predicted octanol–water partition coefficient (Wildman–Crippen LogP) is 0.827. The maximum atomic E-state index is 9.83. The highest BCUT2D eigenvalue weighted by molar-refractivity contribution is 5.44. The Morgan fingerprint density at radius 3 is 2.70 bits per heavy atom. The Morgan fingerprint density at radius 1 is 1.60 bits per heavy atom. The van der Waals surface area contributed by atoms with Gasteiger partial charge in [0, 0.05) is 0 Å². The maximum absolute atomic E-state index is 9.83. The molecule has 10 heavy (non-hydrogen) atoms. The van der Waals surface area contributed by atoms with Crippen molar-refractivity contribution in [1.82, 2.24) is 5.16 Å². The molecule has 0 aromatic carbocycles. The zero-order valence-corrected chi connectivity index (χ0v) is 5.75. The fraction of sp³-hybridized carbons (Fsp3) is 0.333. The van der Waals surface area contributed by atoms with Crippen LogP contribution in [0.4, 0.5) is 0 Å². The fourth-order valence-electron chi connectivity index (χ4n) is 0.553. The minimum Gasteiger partial charge on any atom is -0.406 e. The Bertz CT molecular complexity index is 241. The molecule has 0 radical (unpaired) electrons. The molecule has 0 saturated carbocycles. The molecule has 0 spiro atoms. The standard InChI is InChI=1S/C6H7NO3/c1-4-5(2)10-7-6(4)9-3-8/h3H,1-2H3. The second kappa shape index (κ2) is 2.51. The Balaban J connectivity index is 2.93. The SMILES string of the molecule is Cc1onc(OC=O)c1C. The van der Waals surface area contributed by atoms with E-state index < -0.39 is 0 Å². The Labute approximate surface area is 57.8 Å². The van der Waals surface area contributed by atoms with Crippen molar-refractivity contribution in [3.8, 4) is 5.88 Å². The van der Waals surface area contributed by atoms with E-state index in [4.69, 9.17) is 4.52 Å². The molecular weight excluding hydrogens is 134 g/mol. The molecule has 0 aliphatic carbocycles. The fourth-order valence-corrected chi connectivity index (χ4v) is 0.553. The molecule has 0 aliphatic rings. The van der Waals surface area contributed by atoms with Gasteiger partial charge in [0.05, 0.1) is 5.56 Å². The van der Waals surface area contributed by atoms with Crippen molar-refractivity contribution >= 4 is 6.47 Å². The van der Waals surface area contributed by atoms with Gasteiger partial charge in [0.25, 0.3) is 12.4 Å². The molecule has 54 valence electrons. The number of rotatable bonds is 2. The van der Waals surface area contributed by atoms with Crippen LogP contribution in [0.2, 0.25) is 0 Å². The van der Waals surface area contributed by atoms with E-state index in [0.717, 1.165) is 5.56 Å². The van der Waals surface area contributed by atoms with Crippen molar-refractivity contribution < 1.29 is 14.1 Å². The highest BCUT2D eigenvalue weighted by Gasteiger charge is 2.07. The summed E-state index contributed by atoms with van der Waals surface area (Å²) in [5.74, 6) is 0.907. The third-order valence-corrected chi connectivity index (χ3v) is 1.27. The van der Waals surface area contributed by atoms with Crippen LogP contribution in [0.5, 0.6) is 5.88 Å². The van der Waals surface area contributed by atoms with E-state index in [1.54, 1.807) is 13.8 Å². The number of aryl methyl sites for hydroxylation is 1. The van der Waals surface area contributed by atoms with E-state index in [2.05, 4.69) is 9.89 Å². The van der Waals surface area contributed by atoms with Crippen molar-refractivity contribution in [3.05, 3.63) is 11.3 Å². The molecule has 0 atom stereocenters. The third-order valence-electron chi connectivity index (χ3n) is 1.27. The monoisotopic (exact) mass is 141 g/mol. The van der Waals surface area contributed by atoms with Crippen LogP contribution in [0.1, 0.15) is 11.3 Å². The second-order valence-electron chi connectivity index (χ2n) is 1.88. The summed E-state index contributed by atoms with van der Waals surface area (Å²) in [7, 11) is 0. The average Bonchev–Trinajstić information content (AvgIpc) is 2.20. The molecular formula is C6H7NO3. The van der Waals surface area contributed by atoms with E-state index in [1.165, 1.54) is 0 Å². The number of carbonyl (C=O) groups excluding carboxylic acids is 1. The summed E-state index contributed by atoms with van der Waals surface area (Å²) in [6.45, 7) is 3.84. The lowest BCUT2D eigenvalue weighted by Crippen LogP contribution is -1.89. The van der Waals surface area contributed by atoms with Gasteiger partial charge in [-0.2, -0.15) is 0 Å². The van der Waals surface area contributed by atoms with Crippen molar-refractivity contribution in [1.29, 1.82) is 0 Å². The molecule has 1 aromatic rings. The summed E-state index contributed by atoms with van der Waals surface area (Å²) in [4.78, 5) is 9.83. The molecule has 1 aromatic heterocycles. The first-order chi connectivity index (χ1) is 4.75. The van der Waals surface area contributed by atoms with Gasteiger partial charge in [-0.3, -0.25) is 4.79 Å². The smallest absolute Gasteiger partial charge is 0.299 e. The van der Waals surface area contributed by atoms with Gasteiger partial charge in [-0.15, -0.1) is 0 Å². The van der Waals surface area contributed by atoms with Gasteiger partial charge in [-0.1, -0.05) is 0 Å². The lowest BCUT2D eigenvalue weighted by molar-refractivity contribution is -0.121. The summed E-state index contributed by atoms with van der Waals surface area (Å²) in [5.41, 5.74) is 0.757. The first kappa shape index (κ1) is 6.80. The zero-order chi connectivity index (χ0) is 7.56. The van der Waals surface area contributed by atoms with Crippen LogP contribution in [0.3, 0.4) is 0 Å². The second-order valence-corrected chi connectivity index (χ2v) is 1.88. The van der Waals surface area contributed by atoms with E-state index in [0.29, 0.717) is 12.2 Å². The van der Waals surface area contributed by atoms with Crippen LogP contribution in [0, 0.1) is 13.8 Å². The van der Waals surface area contributed by atoms with Crippen molar-refractivity contribution in [2.45, 2.75) is 13.8 Å². The lowest BCUT2D eigenvalue weighted by Gasteiger charge is -1.88. The number of hydrogen-bond acceptors (Lipinski definition) is 4. The number of carbonyl (C=O) groups is 1. The first-order valence-corrected chi connectivity index (χ1v) is 2.79. The van der Waals surface area contributed by atoms with E-state index in [9.17, 15) is 4.79 Å². The summed E-state index contributed by atoms with van der Waals surface area (Å²) < 4.78 is 9.19. The topological polar surface area (TPSA) is 52.3 Å². The molecule has 1 rings (SSSR count). The summed E-state index contributed by atoms with van der Waals surface area (Å²) in [5, 5.41) is 3.48. The third kappa shape index (κ3) is 1.00. The van der Waals surface area contributed by atoms with Crippen molar-refractivity contribution in [2.75, 3.05) is 0 Å². The normalized spacial score (nSPS) is 9.40. The van der Waals surface area contributed by atoms with Crippen LogP contribution in [-0.4, -0.2) is 11.6 Å². The van der Waals surface area contributed by atoms with Crippen LogP contribution < -0.4 is 4.74 Å². The van der Waals surface area contributed by atoms with Gasteiger partial charge in [-0.25, -0.2) is 0 Å². The molecule has 4 heteroatoms. The van der Waals surface area contributed by atoms with Gasteiger partial charge in [0.15, 0.2) is 0 Å². The average molecular weight is 141 g/mol. The highest BCUT2D eigenvalue weighted by Crippen LogP contribution is 2.17. The molecule has 4 nitrogen and oxygen atoms in total. The van der Waals surface area contributed by atoms with E-state index in [-0.39, 0.29) is 5.88 Å². The Morgan fingerprint density at radius 2 is 2.30 bits per heavy atom. The quantitative estimate of drug-likeness (QED) is 0.572. The van der Waals surface area contributed by atoms with Gasteiger partial charge >= 0.3 is 0 Å². The molecule has 0 saturated heterocycles. The Kier molecular flexibility index (Phi) is 1.71. The van der Waals surface area contributed by atoms with Crippen molar-refractivity contribution in [3.63, 3.8) is 0 Å². The van der Waals surface area contributed by atoms with Gasteiger partial charge < -0.3 is 9.26 Å². The summed E-state index contributed by atoms with van der Waals surface area (Å²) >= 11 is 0. The van der Waals surface area contributed by atoms with Crippen LogP contribution in [0.25, 0.3) is 0 Å². The van der Waals surface area contributed by atoms with Gasteiger partial charge in [0.2, 0.25) is 0 Å². The Hall–Kier alpha value is -1.32. The van der Waals surface area contributed by atoms with Crippen molar-refractivity contribution in [2.24, 2.45) is 0 Å². The molecule has 0 aliphatic heterocycles. The van der Waals surface area contributed by atoms with Crippen LogP contribution >= 0.6 is 0 Å². The minimum absolute atomic E-state index is 0.243. The maximum Gasteiger partial charge on any atom is 0.299 e. The van der Waals surface area contributed by atoms with Crippen LogP contribution in [-0.2, 0) is 4.79 Å². The molecule has 0 fully saturated rings. The molecule has 1 heterocycles. The van der Waals surface area contributed by atoms with E-state index >= 15 is 0 Å². The van der Waals surface area contributed by atoms with Gasteiger partial charge in [0.1, 0.15) is 5.76 Å². The van der Waals surface area contributed by atoms with E-state index in [1.807, 2.05) is 0 Å². The summed E-state index contributed by atoms with van der Waals surface area (Å²) in [6.07, 6.45) is 0. The molecule has 0 bridgehead atoms. The summed E-state index contributed by atoms with van der Waals surface area (Å²) in [6, 6.07) is 0. The molecule has 0 N–H and O–H groups in total. The largest absolute Gasteiger partial charge is 0.406 e. The zero-order valence-electron chi connectivity index (χ0n) is 5.75. The molecule has 0 unspecified atom stereocenters. The minimum atomic E-state index is 0.243. The first-order valence-electron chi connectivity index (χ1n) is 2.79.